The van der Waals surface area contributed by atoms with E-state index in [-0.39, 0.29) is 0 Å². The lowest BCUT2D eigenvalue weighted by atomic mass is 10.0. The number of aromatic nitrogens is 1. The van der Waals surface area contributed by atoms with Crippen molar-refractivity contribution >= 4 is 11.8 Å². The van der Waals surface area contributed by atoms with Gasteiger partial charge in [-0.25, -0.2) is 4.98 Å². The van der Waals surface area contributed by atoms with E-state index in [1.165, 1.54) is 5.56 Å². The summed E-state index contributed by atoms with van der Waals surface area (Å²) in [6, 6.07) is 11.0. The van der Waals surface area contributed by atoms with Gasteiger partial charge in [0, 0.05) is 11.3 Å². The van der Waals surface area contributed by atoms with Gasteiger partial charge in [0.05, 0.1) is 5.69 Å². The molecular weight excluding hydrogens is 280 g/mol. The zero-order chi connectivity index (χ0) is 15.1. The molecule has 114 valence electrons. The van der Waals surface area contributed by atoms with Crippen LogP contribution in [0.15, 0.2) is 46.2 Å². The first kappa shape index (κ1) is 16.1. The molecule has 0 radical (unpaired) electrons. The van der Waals surface area contributed by atoms with Crippen molar-refractivity contribution in [1.29, 1.82) is 0 Å². The second-order valence-corrected chi connectivity index (χ2v) is 6.35. The topological polar surface area (TPSA) is 38.1 Å². The lowest BCUT2D eigenvalue weighted by Gasteiger charge is -2.26. The average molecular weight is 304 g/mol. The highest BCUT2D eigenvalue weighted by Crippen LogP contribution is 2.33. The summed E-state index contributed by atoms with van der Waals surface area (Å²) in [6.07, 6.45) is 3.90. The first-order valence-corrected chi connectivity index (χ1v) is 8.49. The summed E-state index contributed by atoms with van der Waals surface area (Å²) >= 11 is 1.72. The molecule has 0 bridgehead atoms. The van der Waals surface area contributed by atoms with Crippen LogP contribution in [-0.2, 0) is 0 Å². The van der Waals surface area contributed by atoms with Crippen LogP contribution >= 0.6 is 11.8 Å². The highest BCUT2D eigenvalue weighted by Gasteiger charge is 2.24. The van der Waals surface area contributed by atoms with E-state index in [4.69, 9.17) is 4.42 Å². The fourth-order valence-corrected chi connectivity index (χ4v) is 3.44. The maximum Gasteiger partial charge on any atom is 0.256 e. The van der Waals surface area contributed by atoms with Crippen LogP contribution in [0, 0.1) is 6.92 Å². The van der Waals surface area contributed by atoms with Gasteiger partial charge in [-0.05, 0) is 31.9 Å². The molecule has 0 amide bonds. The van der Waals surface area contributed by atoms with Gasteiger partial charge in [0.15, 0.2) is 0 Å². The van der Waals surface area contributed by atoms with Gasteiger partial charge >= 0.3 is 0 Å². The van der Waals surface area contributed by atoms with Gasteiger partial charge in [-0.1, -0.05) is 55.9 Å². The SMILES string of the molecule is CCCNC(c1ccccc1)C(CC)Sc1nc(C)co1. The Labute approximate surface area is 131 Å². The third kappa shape index (κ3) is 4.61. The Morgan fingerprint density at radius 1 is 1.24 bits per heavy atom. The Balaban J connectivity index is 2.16. The third-order valence-electron chi connectivity index (χ3n) is 3.40. The lowest BCUT2D eigenvalue weighted by Crippen LogP contribution is -2.30. The summed E-state index contributed by atoms with van der Waals surface area (Å²) in [5, 5.41) is 4.84. The van der Waals surface area contributed by atoms with Crippen molar-refractivity contribution in [1.82, 2.24) is 10.3 Å². The van der Waals surface area contributed by atoms with Crippen LogP contribution < -0.4 is 5.32 Å². The van der Waals surface area contributed by atoms with Crippen molar-refractivity contribution in [3.05, 3.63) is 47.9 Å². The van der Waals surface area contributed by atoms with Crippen molar-refractivity contribution in [3.63, 3.8) is 0 Å². The molecule has 4 heteroatoms. The number of benzene rings is 1. The Kier molecular flexibility index (Phi) is 6.33. The van der Waals surface area contributed by atoms with E-state index in [9.17, 15) is 0 Å². The molecule has 0 saturated heterocycles. The normalized spacial score (nSPS) is 14.0. The standard InChI is InChI=1S/C17H24N2OS/c1-4-11-18-16(14-9-7-6-8-10-14)15(5-2)21-17-19-13(3)12-20-17/h6-10,12,15-16,18H,4-5,11H2,1-3H3. The Hall–Kier alpha value is -1.26. The lowest BCUT2D eigenvalue weighted by molar-refractivity contribution is 0.446. The molecule has 0 spiro atoms. The number of nitrogens with zero attached hydrogens (tertiary/aromatic N) is 1. The fraction of sp³-hybridized carbons (Fsp3) is 0.471. The van der Waals surface area contributed by atoms with E-state index in [1.54, 1.807) is 18.0 Å². The van der Waals surface area contributed by atoms with E-state index in [0.717, 1.165) is 30.3 Å². The molecule has 1 N–H and O–H groups in total. The second-order valence-electron chi connectivity index (χ2n) is 5.16. The molecule has 2 unspecified atom stereocenters. The largest absolute Gasteiger partial charge is 0.440 e. The maximum atomic E-state index is 5.51. The molecule has 0 saturated carbocycles. The molecule has 21 heavy (non-hydrogen) atoms. The summed E-state index contributed by atoms with van der Waals surface area (Å²) < 4.78 is 5.51. The number of hydrogen-bond donors (Lipinski definition) is 1. The highest BCUT2D eigenvalue weighted by atomic mass is 32.2. The number of thioether (sulfide) groups is 1. The van der Waals surface area contributed by atoms with E-state index in [2.05, 4.69) is 54.5 Å². The fourth-order valence-electron chi connectivity index (χ4n) is 2.33. The van der Waals surface area contributed by atoms with Crippen molar-refractivity contribution in [2.75, 3.05) is 6.54 Å². The molecule has 2 atom stereocenters. The summed E-state index contributed by atoms with van der Waals surface area (Å²) in [7, 11) is 0. The summed E-state index contributed by atoms with van der Waals surface area (Å²) in [5.41, 5.74) is 2.26. The van der Waals surface area contributed by atoms with E-state index in [1.807, 2.05) is 6.92 Å². The minimum absolute atomic E-state index is 0.313. The predicted molar refractivity (Wildman–Crippen MR) is 88.7 cm³/mol. The zero-order valence-corrected chi connectivity index (χ0v) is 13.8. The Morgan fingerprint density at radius 2 is 2.00 bits per heavy atom. The number of aryl methyl sites for hydroxylation is 1. The molecular formula is C17H24N2OS. The van der Waals surface area contributed by atoms with E-state index in [0.29, 0.717) is 11.3 Å². The number of rotatable bonds is 8. The van der Waals surface area contributed by atoms with Gasteiger partial charge < -0.3 is 9.73 Å². The molecule has 2 aromatic rings. The average Bonchev–Trinajstić information content (AvgIpc) is 2.92. The van der Waals surface area contributed by atoms with Gasteiger partial charge in [-0.15, -0.1) is 0 Å². The predicted octanol–water partition coefficient (Wildman–Crippen LogP) is 4.59. The van der Waals surface area contributed by atoms with Crippen molar-refractivity contribution < 1.29 is 4.42 Å². The van der Waals surface area contributed by atoms with E-state index < -0.39 is 0 Å². The van der Waals surface area contributed by atoms with Crippen molar-refractivity contribution in [2.45, 2.75) is 50.1 Å². The highest BCUT2D eigenvalue weighted by molar-refractivity contribution is 7.99. The minimum atomic E-state index is 0.313. The summed E-state index contributed by atoms with van der Waals surface area (Å²) in [5.74, 6) is 0. The molecule has 0 aliphatic rings. The second kappa shape index (κ2) is 8.25. The molecule has 0 aliphatic carbocycles. The quantitative estimate of drug-likeness (QED) is 0.724. The van der Waals surface area contributed by atoms with Gasteiger partial charge in [0.25, 0.3) is 5.22 Å². The van der Waals surface area contributed by atoms with Crippen LogP contribution in [0.5, 0.6) is 0 Å². The van der Waals surface area contributed by atoms with Crippen LogP contribution in [-0.4, -0.2) is 16.8 Å². The number of nitrogens with one attached hydrogen (secondary N) is 1. The zero-order valence-electron chi connectivity index (χ0n) is 13.0. The molecule has 0 fully saturated rings. The maximum absolute atomic E-state index is 5.51. The molecule has 1 aromatic carbocycles. The molecule has 1 heterocycles. The van der Waals surface area contributed by atoms with Crippen LogP contribution in [0.3, 0.4) is 0 Å². The van der Waals surface area contributed by atoms with Crippen LogP contribution in [0.2, 0.25) is 0 Å². The van der Waals surface area contributed by atoms with Gasteiger partial charge in [-0.3, -0.25) is 0 Å². The molecule has 3 nitrogen and oxygen atoms in total. The molecule has 1 aromatic heterocycles. The minimum Gasteiger partial charge on any atom is -0.440 e. The van der Waals surface area contributed by atoms with Crippen molar-refractivity contribution in [2.24, 2.45) is 0 Å². The summed E-state index contributed by atoms with van der Waals surface area (Å²) in [4.78, 5) is 4.42. The smallest absolute Gasteiger partial charge is 0.256 e. The van der Waals surface area contributed by atoms with Gasteiger partial charge in [-0.2, -0.15) is 0 Å². The number of hydrogen-bond acceptors (Lipinski definition) is 4. The third-order valence-corrected chi connectivity index (χ3v) is 4.69. The van der Waals surface area contributed by atoms with Crippen LogP contribution in [0.4, 0.5) is 0 Å². The number of oxazole rings is 1. The van der Waals surface area contributed by atoms with Gasteiger partial charge in [0.1, 0.15) is 6.26 Å². The monoisotopic (exact) mass is 304 g/mol. The first-order chi connectivity index (χ1) is 10.2. The Morgan fingerprint density at radius 3 is 2.57 bits per heavy atom. The van der Waals surface area contributed by atoms with Crippen LogP contribution in [0.25, 0.3) is 0 Å². The first-order valence-electron chi connectivity index (χ1n) is 7.61. The molecule has 0 aliphatic heterocycles. The Bertz CT molecular complexity index is 527. The summed E-state index contributed by atoms with van der Waals surface area (Å²) in [6.45, 7) is 7.39. The molecule has 2 rings (SSSR count). The van der Waals surface area contributed by atoms with Crippen molar-refractivity contribution in [3.8, 4) is 0 Å². The van der Waals surface area contributed by atoms with Crippen LogP contribution in [0.1, 0.15) is 44.0 Å². The van der Waals surface area contributed by atoms with E-state index >= 15 is 0 Å². The van der Waals surface area contributed by atoms with Gasteiger partial charge in [0.2, 0.25) is 0 Å².